The molecule has 1 aliphatic heterocycles. The van der Waals surface area contributed by atoms with Gasteiger partial charge < -0.3 is 10.6 Å². The van der Waals surface area contributed by atoms with Crippen molar-refractivity contribution in [2.45, 2.75) is 6.04 Å². The Bertz CT molecular complexity index is 365. The first-order valence-electron chi connectivity index (χ1n) is 4.00. The van der Waals surface area contributed by atoms with Gasteiger partial charge in [-0.15, -0.1) is 0 Å². The van der Waals surface area contributed by atoms with Crippen molar-refractivity contribution in [3.63, 3.8) is 0 Å². The Kier molecular flexibility index (Phi) is 2.09. The van der Waals surface area contributed by atoms with Crippen molar-refractivity contribution < 1.29 is 4.79 Å². The van der Waals surface area contributed by atoms with Gasteiger partial charge in [0.25, 0.3) is 0 Å². The van der Waals surface area contributed by atoms with Crippen LogP contribution >= 0.6 is 15.9 Å². The molecule has 4 heteroatoms. The lowest BCUT2D eigenvalue weighted by molar-refractivity contribution is -0.117. The molecule has 2 N–H and O–H groups in total. The predicted octanol–water partition coefficient (Wildman–Crippen LogP) is 1.66. The number of anilines is 1. The number of hydrogen-bond acceptors (Lipinski definition) is 2. The van der Waals surface area contributed by atoms with Gasteiger partial charge in [0, 0.05) is 15.7 Å². The standard InChI is InChI=1S/C9H9BrN2O/c1-11-8-7-5(10)3-2-4-6(7)12-9(8)13/h2-4,8,11H,1H3,(H,12,13). The normalized spacial score (nSPS) is 19.8. The number of hydrogen-bond donors (Lipinski definition) is 2. The predicted molar refractivity (Wildman–Crippen MR) is 54.6 cm³/mol. The molecule has 1 aliphatic rings. The molecule has 0 spiro atoms. The van der Waals surface area contributed by atoms with Crippen molar-refractivity contribution in [2.24, 2.45) is 0 Å². The highest BCUT2D eigenvalue weighted by atomic mass is 79.9. The fraction of sp³-hybridized carbons (Fsp3) is 0.222. The molecular weight excluding hydrogens is 232 g/mol. The van der Waals surface area contributed by atoms with Crippen LogP contribution < -0.4 is 10.6 Å². The van der Waals surface area contributed by atoms with Crippen molar-refractivity contribution in [1.29, 1.82) is 0 Å². The molecule has 1 atom stereocenters. The van der Waals surface area contributed by atoms with Gasteiger partial charge in [-0.1, -0.05) is 22.0 Å². The van der Waals surface area contributed by atoms with Gasteiger partial charge in [0.05, 0.1) is 0 Å². The summed E-state index contributed by atoms with van der Waals surface area (Å²) in [5.41, 5.74) is 1.88. The fourth-order valence-corrected chi connectivity index (χ4v) is 2.15. The topological polar surface area (TPSA) is 41.1 Å². The molecule has 1 heterocycles. The maximum absolute atomic E-state index is 11.4. The largest absolute Gasteiger partial charge is 0.324 e. The summed E-state index contributed by atoms with van der Waals surface area (Å²) < 4.78 is 0.961. The van der Waals surface area contributed by atoms with Gasteiger partial charge in [0.1, 0.15) is 6.04 Å². The molecule has 0 aromatic heterocycles. The smallest absolute Gasteiger partial charge is 0.246 e. The molecule has 1 aromatic rings. The van der Waals surface area contributed by atoms with Gasteiger partial charge in [-0.2, -0.15) is 0 Å². The number of nitrogens with one attached hydrogen (secondary N) is 2. The number of benzene rings is 1. The third kappa shape index (κ3) is 1.26. The van der Waals surface area contributed by atoms with Crippen molar-refractivity contribution in [1.82, 2.24) is 5.32 Å². The van der Waals surface area contributed by atoms with Gasteiger partial charge in [0.15, 0.2) is 0 Å². The summed E-state index contributed by atoms with van der Waals surface area (Å²) in [7, 11) is 1.78. The van der Waals surface area contributed by atoms with Crippen LogP contribution in [0.15, 0.2) is 22.7 Å². The molecule has 1 unspecified atom stereocenters. The van der Waals surface area contributed by atoms with Crippen LogP contribution in [-0.2, 0) is 4.79 Å². The van der Waals surface area contributed by atoms with E-state index in [4.69, 9.17) is 0 Å². The minimum Gasteiger partial charge on any atom is -0.324 e. The van der Waals surface area contributed by atoms with Crippen LogP contribution in [0.1, 0.15) is 11.6 Å². The molecule has 0 saturated carbocycles. The fourth-order valence-electron chi connectivity index (χ4n) is 1.55. The Hall–Kier alpha value is -0.870. The molecule has 68 valence electrons. The number of carbonyl (C=O) groups excluding carboxylic acids is 1. The minimum absolute atomic E-state index is 0.00407. The van der Waals surface area contributed by atoms with Crippen LogP contribution in [0.2, 0.25) is 0 Å². The number of amides is 1. The average Bonchev–Trinajstić information content (AvgIpc) is 2.42. The van der Waals surface area contributed by atoms with Crippen molar-refractivity contribution in [3.05, 3.63) is 28.2 Å². The molecule has 13 heavy (non-hydrogen) atoms. The van der Waals surface area contributed by atoms with Crippen LogP contribution in [0, 0.1) is 0 Å². The molecule has 0 bridgehead atoms. The summed E-state index contributed by atoms with van der Waals surface area (Å²) in [6.07, 6.45) is 0. The highest BCUT2D eigenvalue weighted by Crippen LogP contribution is 2.35. The zero-order chi connectivity index (χ0) is 9.42. The Morgan fingerprint density at radius 1 is 1.54 bits per heavy atom. The van der Waals surface area contributed by atoms with Crippen LogP contribution in [0.5, 0.6) is 0 Å². The molecule has 0 aliphatic carbocycles. The van der Waals surface area contributed by atoms with E-state index in [9.17, 15) is 4.79 Å². The van der Waals surface area contributed by atoms with E-state index in [1.165, 1.54) is 0 Å². The zero-order valence-corrected chi connectivity index (χ0v) is 8.68. The lowest BCUT2D eigenvalue weighted by Gasteiger charge is -2.07. The summed E-state index contributed by atoms with van der Waals surface area (Å²) in [5.74, 6) is 0.00407. The van der Waals surface area contributed by atoms with Crippen molar-refractivity contribution in [2.75, 3.05) is 12.4 Å². The lowest BCUT2D eigenvalue weighted by Crippen LogP contribution is -2.24. The minimum atomic E-state index is -0.231. The zero-order valence-electron chi connectivity index (χ0n) is 7.10. The average molecular weight is 241 g/mol. The first-order valence-corrected chi connectivity index (χ1v) is 4.80. The first kappa shape index (κ1) is 8.72. The summed E-state index contributed by atoms with van der Waals surface area (Å²) in [6, 6.07) is 5.51. The summed E-state index contributed by atoms with van der Waals surface area (Å²) >= 11 is 3.42. The first-order chi connectivity index (χ1) is 6.24. The third-order valence-corrected chi connectivity index (χ3v) is 2.84. The van der Waals surface area contributed by atoms with E-state index in [0.717, 1.165) is 15.7 Å². The van der Waals surface area contributed by atoms with Crippen molar-refractivity contribution in [3.8, 4) is 0 Å². The van der Waals surface area contributed by atoms with E-state index in [-0.39, 0.29) is 11.9 Å². The molecule has 3 nitrogen and oxygen atoms in total. The third-order valence-electron chi connectivity index (χ3n) is 2.15. The Morgan fingerprint density at radius 3 is 3.00 bits per heavy atom. The maximum atomic E-state index is 11.4. The van der Waals surface area contributed by atoms with Gasteiger partial charge in [-0.05, 0) is 19.2 Å². The van der Waals surface area contributed by atoms with E-state index in [1.54, 1.807) is 7.05 Å². The number of fused-ring (bicyclic) bond motifs is 1. The highest BCUT2D eigenvalue weighted by Gasteiger charge is 2.30. The highest BCUT2D eigenvalue weighted by molar-refractivity contribution is 9.10. The van der Waals surface area contributed by atoms with E-state index < -0.39 is 0 Å². The summed E-state index contributed by atoms with van der Waals surface area (Å²) in [5, 5.41) is 5.78. The van der Waals surface area contributed by atoms with Crippen molar-refractivity contribution >= 4 is 27.5 Å². The van der Waals surface area contributed by atoms with Crippen LogP contribution in [0.3, 0.4) is 0 Å². The molecule has 0 saturated heterocycles. The van der Waals surface area contributed by atoms with E-state index >= 15 is 0 Å². The molecule has 1 amide bonds. The van der Waals surface area contributed by atoms with Gasteiger partial charge in [-0.25, -0.2) is 0 Å². The Morgan fingerprint density at radius 2 is 2.31 bits per heavy atom. The molecule has 0 fully saturated rings. The van der Waals surface area contributed by atoms with Crippen LogP contribution in [-0.4, -0.2) is 13.0 Å². The summed E-state index contributed by atoms with van der Waals surface area (Å²) in [6.45, 7) is 0. The van der Waals surface area contributed by atoms with Crippen LogP contribution in [0.4, 0.5) is 5.69 Å². The Labute approximate surface area is 84.6 Å². The molecule has 2 rings (SSSR count). The second kappa shape index (κ2) is 3.12. The van der Waals surface area contributed by atoms with Gasteiger partial charge >= 0.3 is 0 Å². The monoisotopic (exact) mass is 240 g/mol. The number of likely N-dealkylation sites (N-methyl/N-ethyl adjacent to an activating group) is 1. The maximum Gasteiger partial charge on any atom is 0.246 e. The SMILES string of the molecule is CNC1C(=O)Nc2cccc(Br)c21. The number of carbonyl (C=O) groups is 1. The molecule has 0 radical (unpaired) electrons. The molecular formula is C9H9BrN2O. The van der Waals surface area contributed by atoms with Gasteiger partial charge in [-0.3, -0.25) is 4.79 Å². The van der Waals surface area contributed by atoms with E-state index in [1.807, 2.05) is 18.2 Å². The number of rotatable bonds is 1. The van der Waals surface area contributed by atoms with Crippen LogP contribution in [0.25, 0.3) is 0 Å². The van der Waals surface area contributed by atoms with E-state index in [2.05, 4.69) is 26.6 Å². The lowest BCUT2D eigenvalue weighted by atomic mass is 10.1. The quantitative estimate of drug-likeness (QED) is 0.785. The number of halogens is 1. The molecule has 1 aromatic carbocycles. The van der Waals surface area contributed by atoms with Gasteiger partial charge in [0.2, 0.25) is 5.91 Å². The summed E-state index contributed by atoms with van der Waals surface area (Å²) in [4.78, 5) is 11.4. The second-order valence-electron chi connectivity index (χ2n) is 2.91. The second-order valence-corrected chi connectivity index (χ2v) is 3.77. The van der Waals surface area contributed by atoms with E-state index in [0.29, 0.717) is 0 Å². The Balaban J connectivity index is 2.55.